The number of aliphatic imine (C=N–C) groups is 1. The molecular formula is C17H10FN3O2S. The van der Waals surface area contributed by atoms with Crippen LogP contribution in [0.25, 0.3) is 17.2 Å². The third-order valence-corrected chi connectivity index (χ3v) is 4.23. The number of halogens is 1. The molecule has 1 aromatic heterocycles. The largest absolute Gasteiger partial charge is 0.422 e. The minimum atomic E-state index is -0.386. The molecule has 1 aliphatic rings. The van der Waals surface area contributed by atoms with Gasteiger partial charge in [-0.05, 0) is 36.0 Å². The lowest BCUT2D eigenvalue weighted by molar-refractivity contribution is -0.115. The van der Waals surface area contributed by atoms with E-state index in [4.69, 9.17) is 4.42 Å². The van der Waals surface area contributed by atoms with Crippen LogP contribution in [0.3, 0.4) is 0 Å². The van der Waals surface area contributed by atoms with Crippen molar-refractivity contribution in [3.05, 3.63) is 64.8 Å². The van der Waals surface area contributed by atoms with Crippen LogP contribution >= 0.6 is 11.8 Å². The molecule has 5 nitrogen and oxygen atoms in total. The van der Waals surface area contributed by atoms with Crippen molar-refractivity contribution < 1.29 is 13.6 Å². The molecule has 1 N–H and O–H groups in total. The summed E-state index contributed by atoms with van der Waals surface area (Å²) in [5.74, 6) is -0.721. The van der Waals surface area contributed by atoms with Gasteiger partial charge in [0.2, 0.25) is 0 Å². The summed E-state index contributed by atoms with van der Waals surface area (Å²) in [6.07, 6.45) is 1.49. The molecule has 2 heterocycles. The molecule has 0 aliphatic carbocycles. The smallest absolute Gasteiger partial charge is 0.325 e. The summed E-state index contributed by atoms with van der Waals surface area (Å²) in [5.41, 5.74) is 1.65. The zero-order valence-corrected chi connectivity index (χ0v) is 13.0. The number of hydrogen-bond acceptors (Lipinski definition) is 5. The molecule has 118 valence electrons. The van der Waals surface area contributed by atoms with Crippen LogP contribution in [-0.4, -0.2) is 16.1 Å². The van der Waals surface area contributed by atoms with E-state index in [1.54, 1.807) is 24.3 Å². The molecule has 3 aromatic rings. The molecule has 4 rings (SSSR count). The minimum absolute atomic E-state index is 0.158. The Kier molecular flexibility index (Phi) is 3.62. The van der Waals surface area contributed by atoms with E-state index in [1.807, 2.05) is 18.2 Å². The summed E-state index contributed by atoms with van der Waals surface area (Å²) in [7, 11) is 0. The van der Waals surface area contributed by atoms with Crippen LogP contribution in [0.4, 0.5) is 10.4 Å². The van der Waals surface area contributed by atoms with Crippen LogP contribution < -0.4 is 5.32 Å². The average Bonchev–Trinajstić information content (AvgIpc) is 3.12. The van der Waals surface area contributed by atoms with Crippen LogP contribution in [-0.2, 0) is 4.79 Å². The van der Waals surface area contributed by atoms with Gasteiger partial charge in [0.25, 0.3) is 5.91 Å². The van der Waals surface area contributed by atoms with Crippen LogP contribution in [0.5, 0.6) is 0 Å². The first kappa shape index (κ1) is 14.6. The molecule has 1 aliphatic heterocycles. The number of oxazole rings is 1. The molecule has 1 saturated heterocycles. The predicted octanol–water partition coefficient (Wildman–Crippen LogP) is 3.86. The molecule has 1 amide bonds. The van der Waals surface area contributed by atoms with Crippen molar-refractivity contribution >= 4 is 46.0 Å². The molecule has 0 radical (unpaired) electrons. The Morgan fingerprint density at radius 2 is 1.96 bits per heavy atom. The highest BCUT2D eigenvalue weighted by atomic mass is 32.2. The van der Waals surface area contributed by atoms with Gasteiger partial charge in [-0.1, -0.05) is 30.3 Å². The zero-order chi connectivity index (χ0) is 16.5. The zero-order valence-electron chi connectivity index (χ0n) is 12.2. The number of benzene rings is 2. The van der Waals surface area contributed by atoms with Gasteiger partial charge in [0.1, 0.15) is 11.3 Å². The second-order valence-corrected chi connectivity index (χ2v) is 6.00. The van der Waals surface area contributed by atoms with E-state index in [0.29, 0.717) is 26.7 Å². The lowest BCUT2D eigenvalue weighted by Crippen LogP contribution is -2.19. The van der Waals surface area contributed by atoms with Gasteiger partial charge in [-0.25, -0.2) is 4.39 Å². The Bertz CT molecular complexity index is 977. The van der Waals surface area contributed by atoms with E-state index in [2.05, 4.69) is 15.3 Å². The van der Waals surface area contributed by atoms with Gasteiger partial charge in [-0.3, -0.25) is 4.79 Å². The van der Waals surface area contributed by atoms with E-state index in [0.717, 1.165) is 11.8 Å². The summed E-state index contributed by atoms with van der Waals surface area (Å²) in [6.45, 7) is 0. The van der Waals surface area contributed by atoms with E-state index < -0.39 is 0 Å². The Hall–Kier alpha value is -2.93. The SMILES string of the molecule is O=C1N/C(=N\c2nc3ccccc3o2)S/C1=C\c1ccccc1F. The van der Waals surface area contributed by atoms with Gasteiger partial charge < -0.3 is 9.73 Å². The fourth-order valence-electron chi connectivity index (χ4n) is 2.21. The molecular weight excluding hydrogens is 329 g/mol. The second-order valence-electron chi connectivity index (χ2n) is 4.97. The summed E-state index contributed by atoms with van der Waals surface area (Å²) in [5, 5.41) is 2.96. The lowest BCUT2D eigenvalue weighted by Gasteiger charge is -1.96. The first-order valence-corrected chi connectivity index (χ1v) is 7.90. The number of fused-ring (bicyclic) bond motifs is 1. The number of amides is 1. The highest BCUT2D eigenvalue weighted by Gasteiger charge is 2.24. The fraction of sp³-hybridized carbons (Fsp3) is 0. The van der Waals surface area contributed by atoms with Crippen molar-refractivity contribution in [1.82, 2.24) is 10.3 Å². The van der Waals surface area contributed by atoms with Crippen LogP contribution in [0.2, 0.25) is 0 Å². The molecule has 1 fully saturated rings. The van der Waals surface area contributed by atoms with Crippen molar-refractivity contribution in [2.24, 2.45) is 4.99 Å². The van der Waals surface area contributed by atoms with Crippen LogP contribution in [0.1, 0.15) is 5.56 Å². The van der Waals surface area contributed by atoms with Gasteiger partial charge in [-0.2, -0.15) is 9.98 Å². The second kappa shape index (κ2) is 5.93. The van der Waals surface area contributed by atoms with Crippen molar-refractivity contribution in [3.8, 4) is 0 Å². The lowest BCUT2D eigenvalue weighted by atomic mass is 10.2. The van der Waals surface area contributed by atoms with Crippen molar-refractivity contribution in [2.45, 2.75) is 0 Å². The highest BCUT2D eigenvalue weighted by molar-refractivity contribution is 8.18. The normalized spacial score (nSPS) is 17.8. The van der Waals surface area contributed by atoms with E-state index in [-0.39, 0.29) is 17.7 Å². The van der Waals surface area contributed by atoms with Crippen molar-refractivity contribution in [2.75, 3.05) is 0 Å². The first-order chi connectivity index (χ1) is 11.7. The van der Waals surface area contributed by atoms with Gasteiger partial charge in [0.15, 0.2) is 10.8 Å². The minimum Gasteiger partial charge on any atom is -0.422 e. The number of para-hydroxylation sites is 2. The molecule has 0 unspecified atom stereocenters. The number of carbonyl (C=O) groups excluding carboxylic acids is 1. The van der Waals surface area contributed by atoms with E-state index in [9.17, 15) is 9.18 Å². The van der Waals surface area contributed by atoms with E-state index >= 15 is 0 Å². The first-order valence-electron chi connectivity index (χ1n) is 7.09. The number of aromatic nitrogens is 1. The van der Waals surface area contributed by atoms with Gasteiger partial charge in [-0.15, -0.1) is 0 Å². The van der Waals surface area contributed by atoms with Gasteiger partial charge in [0.05, 0.1) is 4.91 Å². The quantitative estimate of drug-likeness (QED) is 0.720. The Labute approximate surface area is 140 Å². The summed E-state index contributed by atoms with van der Waals surface area (Å²) in [6, 6.07) is 13.7. The number of carbonyl (C=O) groups is 1. The number of amidine groups is 1. The number of thioether (sulfide) groups is 1. The molecule has 0 bridgehead atoms. The average molecular weight is 339 g/mol. The maximum absolute atomic E-state index is 13.7. The maximum atomic E-state index is 13.7. The maximum Gasteiger partial charge on any atom is 0.325 e. The van der Waals surface area contributed by atoms with Gasteiger partial charge in [0, 0.05) is 5.56 Å². The molecule has 24 heavy (non-hydrogen) atoms. The third-order valence-electron chi connectivity index (χ3n) is 3.32. The predicted molar refractivity (Wildman–Crippen MR) is 91.2 cm³/mol. The summed E-state index contributed by atoms with van der Waals surface area (Å²) in [4.78, 5) is 20.8. The highest BCUT2D eigenvalue weighted by Crippen LogP contribution is 2.29. The van der Waals surface area contributed by atoms with Crippen LogP contribution in [0.15, 0.2) is 62.8 Å². The van der Waals surface area contributed by atoms with Crippen LogP contribution in [0, 0.1) is 5.82 Å². The number of nitrogens with one attached hydrogen (secondary N) is 1. The monoisotopic (exact) mass is 339 g/mol. The topological polar surface area (TPSA) is 67.5 Å². The standard InChI is InChI=1S/C17H10FN3O2S/c18-11-6-2-1-5-10(11)9-14-15(22)20-17(24-14)21-16-19-12-7-3-4-8-13(12)23-16/h1-9H,(H,19,20,21,22)/b14-9-. The number of hydrogen-bond donors (Lipinski definition) is 1. The van der Waals surface area contributed by atoms with Gasteiger partial charge >= 0.3 is 6.01 Å². The third kappa shape index (κ3) is 2.81. The van der Waals surface area contributed by atoms with Crippen molar-refractivity contribution in [1.29, 1.82) is 0 Å². The molecule has 2 aromatic carbocycles. The van der Waals surface area contributed by atoms with E-state index in [1.165, 1.54) is 12.1 Å². The number of rotatable bonds is 2. The fourth-order valence-corrected chi connectivity index (χ4v) is 3.01. The number of nitrogens with zero attached hydrogens (tertiary/aromatic N) is 2. The Morgan fingerprint density at radius 1 is 1.17 bits per heavy atom. The molecule has 0 spiro atoms. The van der Waals surface area contributed by atoms with Crippen molar-refractivity contribution in [3.63, 3.8) is 0 Å². The summed E-state index contributed by atoms with van der Waals surface area (Å²) < 4.78 is 19.2. The molecule has 0 atom stereocenters. The Balaban J connectivity index is 1.62. The Morgan fingerprint density at radius 3 is 2.79 bits per heavy atom. The molecule has 0 saturated carbocycles. The summed E-state index contributed by atoms with van der Waals surface area (Å²) >= 11 is 1.11. The molecule has 7 heteroatoms.